The molecule has 1 heterocycles. The van der Waals surface area contributed by atoms with Gasteiger partial charge in [-0.1, -0.05) is 29.0 Å². The molecule has 94 valence electrons. The smallest absolute Gasteiger partial charge is 0.258 e. The molecule has 1 aromatic carbocycles. The molecule has 3 rings (SSSR count). The summed E-state index contributed by atoms with van der Waals surface area (Å²) in [4.78, 5) is 19.2. The van der Waals surface area contributed by atoms with Crippen molar-refractivity contribution in [3.63, 3.8) is 0 Å². The molecule has 0 saturated carbocycles. The molecule has 3 nitrogen and oxygen atoms in total. The van der Waals surface area contributed by atoms with Gasteiger partial charge in [-0.15, -0.1) is 0 Å². The molecule has 0 aliphatic heterocycles. The van der Waals surface area contributed by atoms with Crippen LogP contribution in [0, 0.1) is 6.92 Å². The lowest BCUT2D eigenvalue weighted by molar-refractivity contribution is 0.714. The molecule has 1 aromatic heterocycles. The Kier molecular flexibility index (Phi) is 3.13. The van der Waals surface area contributed by atoms with Crippen molar-refractivity contribution in [3.8, 4) is 0 Å². The predicted octanol–water partition coefficient (Wildman–Crippen LogP) is 3.43. The lowest BCUT2D eigenvalue weighted by atomic mass is 10.0. The van der Waals surface area contributed by atoms with Crippen LogP contribution in [0.3, 0.4) is 0 Å². The van der Waals surface area contributed by atoms with E-state index in [4.69, 9.17) is 0 Å². The van der Waals surface area contributed by atoms with Crippen molar-refractivity contribution in [2.75, 3.05) is 0 Å². The number of aromatic amines is 1. The average Bonchev–Trinajstić information content (AvgIpc) is 2.49. The van der Waals surface area contributed by atoms with Crippen molar-refractivity contribution < 1.29 is 0 Å². The first-order valence-electron chi connectivity index (χ1n) is 6.32. The molecule has 2 aromatic rings. The Labute approximate surface area is 119 Å². The van der Waals surface area contributed by atoms with Crippen LogP contribution in [0.2, 0.25) is 0 Å². The first-order valence-corrected chi connectivity index (χ1v) is 7.57. The van der Waals surface area contributed by atoms with Crippen LogP contribution >= 0.6 is 22.6 Å². The van der Waals surface area contributed by atoms with Crippen LogP contribution < -0.4 is 5.56 Å². The summed E-state index contributed by atoms with van der Waals surface area (Å²) in [6, 6.07) is 4.17. The van der Waals surface area contributed by atoms with Crippen molar-refractivity contribution in [2.45, 2.75) is 36.5 Å². The predicted molar refractivity (Wildman–Crippen MR) is 81.4 cm³/mol. The number of benzene rings is 1. The molecule has 1 aliphatic rings. The van der Waals surface area contributed by atoms with Gasteiger partial charge in [-0.25, -0.2) is 4.98 Å². The minimum Gasteiger partial charge on any atom is -0.310 e. The molecule has 1 atom stereocenters. The van der Waals surface area contributed by atoms with Gasteiger partial charge in [0.15, 0.2) is 0 Å². The Balaban J connectivity index is 2.31. The average molecular weight is 354 g/mol. The minimum atomic E-state index is -0.0202. The normalized spacial score (nSPS) is 19.6. The van der Waals surface area contributed by atoms with Gasteiger partial charge in [0.1, 0.15) is 5.82 Å². The summed E-state index contributed by atoms with van der Waals surface area (Å²) in [6.45, 7) is 1.83. The van der Waals surface area contributed by atoms with Crippen LogP contribution in [-0.2, 0) is 6.42 Å². The van der Waals surface area contributed by atoms with Crippen molar-refractivity contribution in [1.29, 1.82) is 0 Å². The number of aryl methyl sites for hydroxylation is 2. The molecule has 1 unspecified atom stereocenters. The van der Waals surface area contributed by atoms with E-state index in [1.54, 1.807) is 0 Å². The van der Waals surface area contributed by atoms with E-state index in [2.05, 4.69) is 44.7 Å². The van der Waals surface area contributed by atoms with E-state index < -0.39 is 0 Å². The number of hydrogen-bond donors (Lipinski definition) is 1. The highest BCUT2D eigenvalue weighted by molar-refractivity contribution is 14.1. The Bertz CT molecular complexity index is 663. The zero-order chi connectivity index (χ0) is 12.7. The lowest BCUT2D eigenvalue weighted by Gasteiger charge is -2.12. The van der Waals surface area contributed by atoms with Crippen LogP contribution in [0.15, 0.2) is 16.9 Å². The van der Waals surface area contributed by atoms with Crippen molar-refractivity contribution in [3.05, 3.63) is 39.4 Å². The highest BCUT2D eigenvalue weighted by Crippen LogP contribution is 2.36. The first-order chi connectivity index (χ1) is 8.65. The van der Waals surface area contributed by atoms with E-state index in [9.17, 15) is 4.79 Å². The van der Waals surface area contributed by atoms with E-state index in [1.165, 1.54) is 30.4 Å². The van der Waals surface area contributed by atoms with Crippen molar-refractivity contribution >= 4 is 33.5 Å². The zero-order valence-corrected chi connectivity index (χ0v) is 12.5. The van der Waals surface area contributed by atoms with Crippen LogP contribution in [-0.4, -0.2) is 9.97 Å². The van der Waals surface area contributed by atoms with Gasteiger partial charge in [0, 0.05) is 3.92 Å². The Morgan fingerprint density at radius 3 is 3.06 bits per heavy atom. The molecule has 0 radical (unpaired) electrons. The quantitative estimate of drug-likeness (QED) is 0.448. The number of H-pyrrole nitrogens is 1. The van der Waals surface area contributed by atoms with Crippen LogP contribution in [0.4, 0.5) is 0 Å². The molecular weight excluding hydrogens is 339 g/mol. The second kappa shape index (κ2) is 4.64. The number of alkyl halides is 1. The van der Waals surface area contributed by atoms with Crippen LogP contribution in [0.1, 0.15) is 40.1 Å². The maximum absolute atomic E-state index is 12.0. The highest BCUT2D eigenvalue weighted by Gasteiger charge is 2.18. The standard InChI is InChI=1S/C14H15IN2O/c1-8-16-13-6-9-4-2-3-5-12(15)10(9)7-11(13)14(18)17-8/h6-7,12H,2-5H2,1H3,(H,16,17,18). The largest absolute Gasteiger partial charge is 0.310 e. The molecule has 0 amide bonds. The second-order valence-electron chi connectivity index (χ2n) is 4.93. The number of hydrogen-bond acceptors (Lipinski definition) is 2. The van der Waals surface area contributed by atoms with Gasteiger partial charge >= 0.3 is 0 Å². The van der Waals surface area contributed by atoms with Crippen molar-refractivity contribution in [2.24, 2.45) is 0 Å². The van der Waals surface area contributed by atoms with Gasteiger partial charge < -0.3 is 4.98 Å². The molecule has 4 heteroatoms. The van der Waals surface area contributed by atoms with Gasteiger partial charge in [0.25, 0.3) is 5.56 Å². The van der Waals surface area contributed by atoms with Crippen LogP contribution in [0.25, 0.3) is 10.9 Å². The summed E-state index contributed by atoms with van der Waals surface area (Å²) in [5.41, 5.74) is 3.52. The lowest BCUT2D eigenvalue weighted by Crippen LogP contribution is -2.11. The SMILES string of the molecule is Cc1nc2cc3c(cc2c(=O)[nH]1)C(I)CCCC3. The fourth-order valence-electron chi connectivity index (χ4n) is 2.67. The first kappa shape index (κ1) is 12.1. The summed E-state index contributed by atoms with van der Waals surface area (Å²) in [7, 11) is 0. The third kappa shape index (κ3) is 2.06. The molecule has 0 spiro atoms. The molecule has 0 bridgehead atoms. The Morgan fingerprint density at radius 1 is 1.39 bits per heavy atom. The third-order valence-corrected chi connectivity index (χ3v) is 4.87. The fourth-order valence-corrected chi connectivity index (χ4v) is 3.69. The molecule has 18 heavy (non-hydrogen) atoms. The Hall–Kier alpha value is -0.910. The summed E-state index contributed by atoms with van der Waals surface area (Å²) < 4.78 is 0.519. The van der Waals surface area contributed by atoms with Gasteiger partial charge in [-0.05, 0) is 49.4 Å². The molecule has 1 aliphatic carbocycles. The number of halogens is 1. The number of fused-ring (bicyclic) bond motifs is 2. The highest BCUT2D eigenvalue weighted by atomic mass is 127. The number of nitrogens with one attached hydrogen (secondary N) is 1. The summed E-state index contributed by atoms with van der Waals surface area (Å²) in [5, 5.41) is 0.725. The van der Waals surface area contributed by atoms with E-state index in [0.29, 0.717) is 9.75 Å². The minimum absolute atomic E-state index is 0.0202. The number of rotatable bonds is 0. The summed E-state index contributed by atoms with van der Waals surface area (Å²) >= 11 is 2.49. The van der Waals surface area contributed by atoms with Gasteiger partial charge in [-0.3, -0.25) is 4.79 Å². The monoisotopic (exact) mass is 354 g/mol. The maximum Gasteiger partial charge on any atom is 0.258 e. The topological polar surface area (TPSA) is 45.8 Å². The van der Waals surface area contributed by atoms with Gasteiger partial charge in [0.2, 0.25) is 0 Å². The Morgan fingerprint density at radius 2 is 2.22 bits per heavy atom. The summed E-state index contributed by atoms with van der Waals surface area (Å²) in [5.74, 6) is 0.687. The second-order valence-corrected chi connectivity index (χ2v) is 6.44. The van der Waals surface area contributed by atoms with E-state index in [1.807, 2.05) is 6.92 Å². The van der Waals surface area contributed by atoms with Crippen LogP contribution in [0.5, 0.6) is 0 Å². The van der Waals surface area contributed by atoms with Gasteiger partial charge in [0.05, 0.1) is 10.9 Å². The zero-order valence-electron chi connectivity index (χ0n) is 10.3. The van der Waals surface area contributed by atoms with E-state index in [0.717, 1.165) is 17.3 Å². The van der Waals surface area contributed by atoms with Gasteiger partial charge in [-0.2, -0.15) is 0 Å². The molecule has 1 N–H and O–H groups in total. The molecular formula is C14H15IN2O. The summed E-state index contributed by atoms with van der Waals surface area (Å²) in [6.07, 6.45) is 4.82. The third-order valence-electron chi connectivity index (χ3n) is 3.58. The van der Waals surface area contributed by atoms with E-state index >= 15 is 0 Å². The van der Waals surface area contributed by atoms with E-state index in [-0.39, 0.29) is 5.56 Å². The number of nitrogens with zero attached hydrogens (tertiary/aromatic N) is 1. The fraction of sp³-hybridized carbons (Fsp3) is 0.429. The van der Waals surface area contributed by atoms with Crippen molar-refractivity contribution in [1.82, 2.24) is 9.97 Å². The number of aromatic nitrogens is 2. The molecule has 0 fully saturated rings. The maximum atomic E-state index is 12.0. The molecule has 0 saturated heterocycles.